The minimum atomic E-state index is 0.552. The summed E-state index contributed by atoms with van der Waals surface area (Å²) in [7, 11) is 2.43. The maximum Gasteiger partial charge on any atom is 0.00974 e. The molecule has 1 heterocycles. The lowest BCUT2D eigenvalue weighted by Crippen LogP contribution is -2.52. The Hall–Kier alpha value is -0.340. The van der Waals surface area contributed by atoms with Gasteiger partial charge in [0.1, 0.15) is 0 Å². The molecule has 5 aliphatic rings. The molecule has 0 radical (unpaired) electrons. The molecule has 1 N–H and O–H groups in total. The molecule has 1 saturated heterocycles. The fourth-order valence-corrected chi connectivity index (χ4v) is 9.57. The summed E-state index contributed by atoms with van der Waals surface area (Å²) in [6.07, 6.45) is 21.5. The van der Waals surface area contributed by atoms with Crippen LogP contribution in [0.3, 0.4) is 0 Å². The first kappa shape index (κ1) is 22.5. The SMILES string of the molecule is CC(C1CCC2C3CC=C4CCCCC4(C)C3CCC21C)N(C)CCC1CCCCN1. The number of allylic oxidation sites excluding steroid dienone is 2. The average molecular weight is 427 g/mol. The Morgan fingerprint density at radius 1 is 1.03 bits per heavy atom. The maximum atomic E-state index is 3.76. The Labute approximate surface area is 193 Å². The molecule has 0 aromatic carbocycles. The van der Waals surface area contributed by atoms with Crippen LogP contribution in [0.25, 0.3) is 0 Å². The molecule has 0 aromatic heterocycles. The van der Waals surface area contributed by atoms with Crippen molar-refractivity contribution in [1.82, 2.24) is 10.2 Å². The van der Waals surface area contributed by atoms with E-state index in [4.69, 9.17) is 0 Å². The number of fused-ring (bicyclic) bond motifs is 5. The number of piperidine rings is 1. The first-order valence-electron chi connectivity index (χ1n) is 14.1. The molecule has 8 unspecified atom stereocenters. The van der Waals surface area contributed by atoms with Gasteiger partial charge in [0.05, 0.1) is 0 Å². The van der Waals surface area contributed by atoms with E-state index in [1.54, 1.807) is 0 Å². The van der Waals surface area contributed by atoms with Crippen LogP contribution in [0.4, 0.5) is 0 Å². The van der Waals surface area contributed by atoms with Crippen LogP contribution in [0.1, 0.15) is 104 Å². The highest BCUT2D eigenvalue weighted by atomic mass is 15.1. The van der Waals surface area contributed by atoms with Crippen molar-refractivity contribution in [2.24, 2.45) is 34.5 Å². The highest BCUT2D eigenvalue weighted by molar-refractivity contribution is 5.24. The van der Waals surface area contributed by atoms with E-state index in [1.807, 2.05) is 5.57 Å². The number of nitrogens with zero attached hydrogens (tertiary/aromatic N) is 1. The number of hydrogen-bond donors (Lipinski definition) is 1. The molecule has 31 heavy (non-hydrogen) atoms. The Morgan fingerprint density at radius 3 is 2.71 bits per heavy atom. The molecule has 4 aliphatic carbocycles. The molecule has 2 nitrogen and oxygen atoms in total. The molecular weight excluding hydrogens is 376 g/mol. The molecular formula is C29H50N2. The van der Waals surface area contributed by atoms with Crippen molar-refractivity contribution in [3.8, 4) is 0 Å². The molecule has 0 bridgehead atoms. The molecule has 1 aliphatic heterocycles. The largest absolute Gasteiger partial charge is 0.314 e. The Kier molecular flexibility index (Phi) is 6.36. The van der Waals surface area contributed by atoms with Gasteiger partial charge >= 0.3 is 0 Å². The fourth-order valence-electron chi connectivity index (χ4n) is 9.57. The summed E-state index contributed by atoms with van der Waals surface area (Å²) in [6, 6.07) is 1.50. The second-order valence-corrected chi connectivity index (χ2v) is 12.9. The lowest BCUT2D eigenvalue weighted by Gasteiger charge is -2.58. The Balaban J connectivity index is 1.26. The monoisotopic (exact) mass is 426 g/mol. The second kappa shape index (κ2) is 8.79. The van der Waals surface area contributed by atoms with E-state index in [2.05, 4.69) is 44.1 Å². The van der Waals surface area contributed by atoms with Crippen LogP contribution in [0.2, 0.25) is 0 Å². The van der Waals surface area contributed by atoms with Gasteiger partial charge in [0.25, 0.3) is 0 Å². The minimum absolute atomic E-state index is 0.552. The van der Waals surface area contributed by atoms with Crippen LogP contribution in [-0.4, -0.2) is 37.1 Å². The lowest BCUT2D eigenvalue weighted by atomic mass is 9.47. The third-order valence-corrected chi connectivity index (χ3v) is 11.6. The van der Waals surface area contributed by atoms with Gasteiger partial charge in [-0.1, -0.05) is 38.3 Å². The normalized spacial score (nSPS) is 46.1. The molecule has 0 aromatic rings. The molecule has 176 valence electrons. The van der Waals surface area contributed by atoms with Crippen molar-refractivity contribution in [3.63, 3.8) is 0 Å². The van der Waals surface area contributed by atoms with Crippen molar-refractivity contribution >= 4 is 0 Å². The molecule has 2 heteroatoms. The first-order valence-corrected chi connectivity index (χ1v) is 14.1. The highest BCUT2D eigenvalue weighted by Crippen LogP contribution is 2.66. The summed E-state index contributed by atoms with van der Waals surface area (Å²) in [5.74, 6) is 3.82. The van der Waals surface area contributed by atoms with E-state index >= 15 is 0 Å². The molecule has 0 amide bonds. The predicted octanol–water partition coefficient (Wildman–Crippen LogP) is 6.81. The van der Waals surface area contributed by atoms with Gasteiger partial charge in [0, 0.05) is 12.1 Å². The first-order chi connectivity index (χ1) is 14.9. The van der Waals surface area contributed by atoms with Gasteiger partial charge in [-0.3, -0.25) is 0 Å². The van der Waals surface area contributed by atoms with Crippen molar-refractivity contribution < 1.29 is 0 Å². The molecule has 4 fully saturated rings. The third kappa shape index (κ3) is 3.86. The van der Waals surface area contributed by atoms with Gasteiger partial charge in [-0.2, -0.15) is 0 Å². The molecule has 3 saturated carbocycles. The molecule has 0 spiro atoms. The summed E-state index contributed by atoms with van der Waals surface area (Å²) >= 11 is 0. The summed E-state index contributed by atoms with van der Waals surface area (Å²) < 4.78 is 0. The van der Waals surface area contributed by atoms with Crippen LogP contribution in [0, 0.1) is 34.5 Å². The van der Waals surface area contributed by atoms with Gasteiger partial charge in [-0.25, -0.2) is 0 Å². The number of nitrogens with one attached hydrogen (secondary N) is 1. The summed E-state index contributed by atoms with van der Waals surface area (Å²) in [5.41, 5.74) is 2.99. The van der Waals surface area contributed by atoms with Gasteiger partial charge in [-0.15, -0.1) is 0 Å². The van der Waals surface area contributed by atoms with Crippen LogP contribution >= 0.6 is 0 Å². The molecule has 5 rings (SSSR count). The zero-order valence-electron chi connectivity index (χ0n) is 21.1. The van der Waals surface area contributed by atoms with Gasteiger partial charge in [0.2, 0.25) is 0 Å². The van der Waals surface area contributed by atoms with E-state index in [9.17, 15) is 0 Å². The summed E-state index contributed by atoms with van der Waals surface area (Å²) in [6.45, 7) is 10.5. The smallest absolute Gasteiger partial charge is 0.00974 e. The fraction of sp³-hybridized carbons (Fsp3) is 0.931. The molecule has 8 atom stereocenters. The van der Waals surface area contributed by atoms with Crippen LogP contribution < -0.4 is 5.32 Å². The maximum absolute atomic E-state index is 3.76. The van der Waals surface area contributed by atoms with Crippen molar-refractivity contribution in [3.05, 3.63) is 11.6 Å². The van der Waals surface area contributed by atoms with Gasteiger partial charge in [0.15, 0.2) is 0 Å². The van der Waals surface area contributed by atoms with E-state index in [1.165, 1.54) is 96.6 Å². The number of hydrogen-bond acceptors (Lipinski definition) is 2. The van der Waals surface area contributed by atoms with Gasteiger partial charge in [-0.05, 0) is 132 Å². The second-order valence-electron chi connectivity index (χ2n) is 12.9. The Bertz CT molecular complexity index is 664. The van der Waals surface area contributed by atoms with Crippen LogP contribution in [0.15, 0.2) is 11.6 Å². The van der Waals surface area contributed by atoms with Crippen molar-refractivity contribution in [2.75, 3.05) is 20.1 Å². The van der Waals surface area contributed by atoms with Gasteiger partial charge < -0.3 is 10.2 Å². The van der Waals surface area contributed by atoms with Crippen molar-refractivity contribution in [2.45, 2.75) is 116 Å². The van der Waals surface area contributed by atoms with E-state index in [-0.39, 0.29) is 0 Å². The zero-order valence-corrected chi connectivity index (χ0v) is 21.1. The standard InChI is InChI=1S/C29H50N2/c1-21(31(4)20-16-23-10-6-8-19-30-23)25-13-14-26-24-12-11-22-9-5-7-17-28(22,2)27(24)15-18-29(25,26)3/h11,21,23-27,30H,5-10,12-20H2,1-4H3. The average Bonchev–Trinajstić information content (AvgIpc) is 3.14. The Morgan fingerprint density at radius 2 is 1.90 bits per heavy atom. The predicted molar refractivity (Wildman–Crippen MR) is 132 cm³/mol. The van der Waals surface area contributed by atoms with Crippen LogP contribution in [0.5, 0.6) is 0 Å². The number of rotatable bonds is 5. The quantitative estimate of drug-likeness (QED) is 0.486. The third-order valence-electron chi connectivity index (χ3n) is 11.6. The van der Waals surface area contributed by atoms with Crippen LogP contribution in [-0.2, 0) is 0 Å². The summed E-state index contributed by atoms with van der Waals surface area (Å²) in [5, 5.41) is 3.76. The van der Waals surface area contributed by atoms with E-state index in [0.29, 0.717) is 10.8 Å². The minimum Gasteiger partial charge on any atom is -0.314 e. The van der Waals surface area contributed by atoms with Crippen molar-refractivity contribution in [1.29, 1.82) is 0 Å². The lowest BCUT2D eigenvalue weighted by molar-refractivity contribution is -0.0533. The topological polar surface area (TPSA) is 15.3 Å². The summed E-state index contributed by atoms with van der Waals surface area (Å²) in [4.78, 5) is 2.74. The van der Waals surface area contributed by atoms with E-state index < -0.39 is 0 Å². The van der Waals surface area contributed by atoms with E-state index in [0.717, 1.165) is 35.8 Å². The zero-order chi connectivity index (χ0) is 21.6. The highest BCUT2D eigenvalue weighted by Gasteiger charge is 2.59.